The molecule has 26 heavy (non-hydrogen) atoms. The highest BCUT2D eigenvalue weighted by Crippen LogP contribution is 2.38. The maximum atomic E-state index is 13.2. The minimum absolute atomic E-state index is 0.120. The number of rotatable bonds is 4. The zero-order chi connectivity index (χ0) is 18.3. The maximum absolute atomic E-state index is 13.2. The van der Waals surface area contributed by atoms with Crippen molar-refractivity contribution in [2.75, 3.05) is 20.3 Å². The number of hydrogen-bond donors (Lipinski definition) is 0. The predicted molar refractivity (Wildman–Crippen MR) is 101 cm³/mol. The second kappa shape index (κ2) is 6.70. The van der Waals surface area contributed by atoms with Crippen LogP contribution in [0.5, 0.6) is 0 Å². The largest absolute Gasteiger partial charge is 0.450 e. The Morgan fingerprint density at radius 2 is 1.96 bits per heavy atom. The molecule has 1 aliphatic rings. The van der Waals surface area contributed by atoms with E-state index in [-0.39, 0.29) is 17.1 Å². The number of methoxy groups -OCH3 is 1. The van der Waals surface area contributed by atoms with Crippen LogP contribution in [0.4, 0.5) is 0 Å². The third-order valence-corrected chi connectivity index (χ3v) is 5.07. The van der Waals surface area contributed by atoms with Gasteiger partial charge < -0.3 is 14.1 Å². The first kappa shape index (κ1) is 17.0. The molecule has 2 heterocycles. The summed E-state index contributed by atoms with van der Waals surface area (Å²) in [4.78, 5) is 27.8. The summed E-state index contributed by atoms with van der Waals surface area (Å²) in [6.07, 6.45) is 0. The Kier molecular flexibility index (Phi) is 4.38. The summed E-state index contributed by atoms with van der Waals surface area (Å²) in [7, 11) is 1.58. The smallest absolute Gasteiger partial charge is 0.290 e. The van der Waals surface area contributed by atoms with Gasteiger partial charge in [0.2, 0.25) is 5.76 Å². The van der Waals surface area contributed by atoms with Gasteiger partial charge in [0.1, 0.15) is 5.58 Å². The van der Waals surface area contributed by atoms with Gasteiger partial charge in [0.05, 0.1) is 23.6 Å². The van der Waals surface area contributed by atoms with Crippen LogP contribution >= 0.6 is 15.9 Å². The monoisotopic (exact) mass is 413 g/mol. The minimum atomic E-state index is -0.494. The van der Waals surface area contributed by atoms with E-state index in [1.54, 1.807) is 36.3 Å². The van der Waals surface area contributed by atoms with Crippen molar-refractivity contribution >= 4 is 32.8 Å². The van der Waals surface area contributed by atoms with Crippen molar-refractivity contribution in [1.29, 1.82) is 0 Å². The average Bonchev–Trinajstić information content (AvgIpc) is 2.93. The normalized spacial score (nSPS) is 16.3. The quantitative estimate of drug-likeness (QED) is 0.653. The van der Waals surface area contributed by atoms with Crippen LogP contribution in [0.3, 0.4) is 0 Å². The van der Waals surface area contributed by atoms with Crippen LogP contribution in [0.1, 0.15) is 27.7 Å². The van der Waals surface area contributed by atoms with Crippen molar-refractivity contribution in [2.45, 2.75) is 6.04 Å². The lowest BCUT2D eigenvalue weighted by Gasteiger charge is -2.24. The molecule has 0 saturated carbocycles. The van der Waals surface area contributed by atoms with Crippen molar-refractivity contribution in [3.05, 3.63) is 80.1 Å². The van der Waals surface area contributed by atoms with Crippen LogP contribution in [0.2, 0.25) is 0 Å². The van der Waals surface area contributed by atoms with E-state index < -0.39 is 6.04 Å². The number of benzene rings is 2. The number of fused-ring (bicyclic) bond motifs is 2. The fraction of sp³-hybridized carbons (Fsp3) is 0.200. The average molecular weight is 414 g/mol. The first-order valence-corrected chi connectivity index (χ1v) is 9.02. The number of hydrogen-bond acceptors (Lipinski definition) is 4. The molecule has 0 radical (unpaired) electrons. The van der Waals surface area contributed by atoms with Gasteiger partial charge >= 0.3 is 0 Å². The van der Waals surface area contributed by atoms with Crippen molar-refractivity contribution < 1.29 is 13.9 Å². The zero-order valence-electron chi connectivity index (χ0n) is 14.1. The fourth-order valence-electron chi connectivity index (χ4n) is 3.41. The minimum Gasteiger partial charge on any atom is -0.450 e. The lowest BCUT2D eigenvalue weighted by atomic mass is 9.98. The molecule has 0 spiro atoms. The van der Waals surface area contributed by atoms with Crippen molar-refractivity contribution in [2.24, 2.45) is 0 Å². The molecule has 1 aromatic heterocycles. The molecule has 1 atom stereocenters. The van der Waals surface area contributed by atoms with Crippen LogP contribution in [-0.2, 0) is 4.74 Å². The van der Waals surface area contributed by atoms with Crippen LogP contribution < -0.4 is 5.43 Å². The second-order valence-electron chi connectivity index (χ2n) is 6.12. The number of para-hydroxylation sites is 1. The Balaban J connectivity index is 1.97. The molecule has 0 saturated heterocycles. The van der Waals surface area contributed by atoms with Gasteiger partial charge in [-0.1, -0.05) is 40.2 Å². The summed E-state index contributed by atoms with van der Waals surface area (Å²) in [6, 6.07) is 14.1. The molecule has 0 N–H and O–H groups in total. The maximum Gasteiger partial charge on any atom is 0.290 e. The topological polar surface area (TPSA) is 59.8 Å². The SMILES string of the molecule is COCCN1C(=O)c2oc3ccccc3c(=O)c2[C@H]1c1cccc(Br)c1. The molecular formula is C20H16BrNO4. The Bertz CT molecular complexity index is 1060. The molecule has 4 rings (SSSR count). The van der Waals surface area contributed by atoms with Gasteiger partial charge in [0.15, 0.2) is 5.43 Å². The second-order valence-corrected chi connectivity index (χ2v) is 7.03. The molecule has 3 aromatic rings. The van der Waals surface area contributed by atoms with E-state index >= 15 is 0 Å². The molecule has 2 aromatic carbocycles. The summed E-state index contributed by atoms with van der Waals surface area (Å²) in [5.74, 6) is -0.167. The lowest BCUT2D eigenvalue weighted by molar-refractivity contribution is 0.0663. The molecule has 1 aliphatic heterocycles. The number of carbonyl (C=O) groups is 1. The zero-order valence-corrected chi connectivity index (χ0v) is 15.7. The first-order valence-electron chi connectivity index (χ1n) is 8.23. The van der Waals surface area contributed by atoms with Gasteiger partial charge in [-0.25, -0.2) is 0 Å². The molecular weight excluding hydrogens is 398 g/mol. The van der Waals surface area contributed by atoms with Crippen molar-refractivity contribution in [1.82, 2.24) is 4.90 Å². The highest BCUT2D eigenvalue weighted by Gasteiger charge is 2.42. The molecule has 5 nitrogen and oxygen atoms in total. The number of ether oxygens (including phenoxy) is 1. The van der Waals surface area contributed by atoms with Gasteiger partial charge in [-0.05, 0) is 29.8 Å². The van der Waals surface area contributed by atoms with Crippen molar-refractivity contribution in [3.63, 3.8) is 0 Å². The number of amides is 1. The van der Waals surface area contributed by atoms with Gasteiger partial charge in [-0.15, -0.1) is 0 Å². The summed E-state index contributed by atoms with van der Waals surface area (Å²) < 4.78 is 11.9. The van der Waals surface area contributed by atoms with Gasteiger partial charge in [-0.2, -0.15) is 0 Å². The molecule has 0 fully saturated rings. The third kappa shape index (κ3) is 2.66. The standard InChI is InChI=1S/C20H16BrNO4/c1-25-10-9-22-17(12-5-4-6-13(21)11-12)16-18(23)14-7-2-3-8-15(14)26-19(16)20(22)24/h2-8,11,17H,9-10H2,1H3/t17-/m1/s1. The van der Waals surface area contributed by atoms with E-state index in [4.69, 9.17) is 9.15 Å². The first-order chi connectivity index (χ1) is 12.6. The molecule has 6 heteroatoms. The number of halogens is 1. The molecule has 0 bridgehead atoms. The van der Waals surface area contributed by atoms with E-state index in [9.17, 15) is 9.59 Å². The Morgan fingerprint density at radius 1 is 1.15 bits per heavy atom. The van der Waals surface area contributed by atoms with E-state index in [1.165, 1.54) is 0 Å². The Labute approximate surface area is 158 Å². The summed E-state index contributed by atoms with van der Waals surface area (Å²) >= 11 is 3.47. The van der Waals surface area contributed by atoms with E-state index in [1.807, 2.05) is 24.3 Å². The van der Waals surface area contributed by atoms with E-state index in [0.29, 0.717) is 29.7 Å². The highest BCUT2D eigenvalue weighted by atomic mass is 79.9. The molecule has 0 aliphatic carbocycles. The Hall–Kier alpha value is -2.44. The predicted octanol–water partition coefficient (Wildman–Crippen LogP) is 3.75. The van der Waals surface area contributed by atoms with Crippen molar-refractivity contribution in [3.8, 4) is 0 Å². The molecule has 0 unspecified atom stereocenters. The lowest BCUT2D eigenvalue weighted by Crippen LogP contribution is -2.32. The van der Waals surface area contributed by atoms with Crippen LogP contribution in [0, 0.1) is 0 Å². The van der Waals surface area contributed by atoms with E-state index in [0.717, 1.165) is 10.0 Å². The fourth-order valence-corrected chi connectivity index (χ4v) is 3.83. The van der Waals surface area contributed by atoms with Crippen LogP contribution in [0.15, 0.2) is 62.2 Å². The third-order valence-electron chi connectivity index (χ3n) is 4.57. The van der Waals surface area contributed by atoms with Crippen LogP contribution in [-0.4, -0.2) is 31.1 Å². The summed E-state index contributed by atoms with van der Waals surface area (Å²) in [6.45, 7) is 0.741. The molecule has 1 amide bonds. The highest BCUT2D eigenvalue weighted by molar-refractivity contribution is 9.10. The summed E-state index contributed by atoms with van der Waals surface area (Å²) in [5, 5.41) is 0.479. The van der Waals surface area contributed by atoms with Crippen LogP contribution in [0.25, 0.3) is 11.0 Å². The van der Waals surface area contributed by atoms with Gasteiger partial charge in [-0.3, -0.25) is 9.59 Å². The number of nitrogens with zero attached hydrogens (tertiary/aromatic N) is 1. The number of carbonyl (C=O) groups excluding carboxylic acids is 1. The molecule has 132 valence electrons. The van der Waals surface area contributed by atoms with Gasteiger partial charge in [0, 0.05) is 18.1 Å². The summed E-state index contributed by atoms with van der Waals surface area (Å²) in [5.41, 5.74) is 1.50. The van der Waals surface area contributed by atoms with Gasteiger partial charge in [0.25, 0.3) is 5.91 Å². The Morgan fingerprint density at radius 3 is 2.73 bits per heavy atom. The van der Waals surface area contributed by atoms with E-state index in [2.05, 4.69) is 15.9 Å².